The number of halogens is 1. The second-order valence-corrected chi connectivity index (χ2v) is 4.64. The van der Waals surface area contributed by atoms with Gasteiger partial charge in [0.1, 0.15) is 5.69 Å². The number of amides is 1. The standard InChI is InChI=1S/C12H17FN2O/c1-5-14-11(16)9-7-6-8(10(13)15-9)12(2,3)4/h6-7H,5H2,1-4H3,(H,14,16). The molecule has 0 aromatic carbocycles. The summed E-state index contributed by atoms with van der Waals surface area (Å²) in [5.41, 5.74) is 0.324. The van der Waals surface area contributed by atoms with Crippen LogP contribution in [0.4, 0.5) is 4.39 Å². The fourth-order valence-electron chi connectivity index (χ4n) is 1.37. The van der Waals surface area contributed by atoms with Gasteiger partial charge in [0.15, 0.2) is 0 Å². The lowest BCUT2D eigenvalue weighted by molar-refractivity contribution is 0.0949. The minimum Gasteiger partial charge on any atom is -0.351 e. The number of nitrogens with one attached hydrogen (secondary N) is 1. The average Bonchev–Trinajstić information content (AvgIpc) is 2.16. The maximum Gasteiger partial charge on any atom is 0.269 e. The van der Waals surface area contributed by atoms with Crippen LogP contribution >= 0.6 is 0 Å². The maximum absolute atomic E-state index is 13.7. The number of hydrogen-bond acceptors (Lipinski definition) is 2. The fourth-order valence-corrected chi connectivity index (χ4v) is 1.37. The van der Waals surface area contributed by atoms with E-state index in [9.17, 15) is 9.18 Å². The van der Waals surface area contributed by atoms with Gasteiger partial charge in [0.05, 0.1) is 0 Å². The number of carbonyl (C=O) groups excluding carboxylic acids is 1. The minimum absolute atomic E-state index is 0.118. The van der Waals surface area contributed by atoms with Crippen LogP contribution in [0, 0.1) is 5.95 Å². The van der Waals surface area contributed by atoms with Crippen LogP contribution in [0.25, 0.3) is 0 Å². The summed E-state index contributed by atoms with van der Waals surface area (Å²) in [4.78, 5) is 15.1. The van der Waals surface area contributed by atoms with Crippen LogP contribution in [0.1, 0.15) is 43.7 Å². The number of rotatable bonds is 2. The Morgan fingerprint density at radius 3 is 2.50 bits per heavy atom. The van der Waals surface area contributed by atoms with Crippen LogP contribution in [0.15, 0.2) is 12.1 Å². The molecule has 0 atom stereocenters. The first-order valence-electron chi connectivity index (χ1n) is 5.31. The molecule has 3 nitrogen and oxygen atoms in total. The minimum atomic E-state index is -0.573. The molecule has 0 spiro atoms. The van der Waals surface area contributed by atoms with Crippen molar-refractivity contribution in [2.24, 2.45) is 0 Å². The molecule has 16 heavy (non-hydrogen) atoms. The quantitative estimate of drug-likeness (QED) is 0.783. The average molecular weight is 224 g/mol. The predicted molar refractivity (Wildman–Crippen MR) is 60.9 cm³/mol. The fraction of sp³-hybridized carbons (Fsp3) is 0.500. The molecule has 4 heteroatoms. The highest BCUT2D eigenvalue weighted by Gasteiger charge is 2.20. The van der Waals surface area contributed by atoms with E-state index in [1.807, 2.05) is 20.8 Å². The topological polar surface area (TPSA) is 42.0 Å². The Bertz CT molecular complexity index is 396. The molecule has 0 unspecified atom stereocenters. The molecular weight excluding hydrogens is 207 g/mol. The van der Waals surface area contributed by atoms with Gasteiger partial charge in [-0.1, -0.05) is 26.8 Å². The highest BCUT2D eigenvalue weighted by molar-refractivity contribution is 5.92. The molecule has 0 aliphatic carbocycles. The number of nitrogens with zero attached hydrogens (tertiary/aromatic N) is 1. The Morgan fingerprint density at radius 2 is 2.06 bits per heavy atom. The Kier molecular flexibility index (Phi) is 3.62. The molecule has 0 radical (unpaired) electrons. The van der Waals surface area contributed by atoms with Gasteiger partial charge in [0.25, 0.3) is 5.91 Å². The number of carbonyl (C=O) groups is 1. The van der Waals surface area contributed by atoms with Crippen molar-refractivity contribution in [3.63, 3.8) is 0 Å². The van der Waals surface area contributed by atoms with Gasteiger partial charge in [-0.3, -0.25) is 4.79 Å². The highest BCUT2D eigenvalue weighted by atomic mass is 19.1. The van der Waals surface area contributed by atoms with Gasteiger partial charge in [-0.2, -0.15) is 4.39 Å². The zero-order valence-corrected chi connectivity index (χ0v) is 10.1. The molecule has 88 valence electrons. The van der Waals surface area contributed by atoms with Gasteiger partial charge in [0.2, 0.25) is 5.95 Å². The largest absolute Gasteiger partial charge is 0.351 e. The van der Waals surface area contributed by atoms with Gasteiger partial charge < -0.3 is 5.32 Å². The van der Waals surface area contributed by atoms with Crippen molar-refractivity contribution in [1.29, 1.82) is 0 Å². The Morgan fingerprint density at radius 1 is 1.44 bits per heavy atom. The summed E-state index contributed by atoms with van der Waals surface area (Å²) in [6, 6.07) is 3.17. The third-order valence-electron chi connectivity index (χ3n) is 2.23. The smallest absolute Gasteiger partial charge is 0.269 e. The zero-order chi connectivity index (χ0) is 12.3. The lowest BCUT2D eigenvalue weighted by Crippen LogP contribution is -2.25. The summed E-state index contributed by atoms with van der Waals surface area (Å²) in [7, 11) is 0. The predicted octanol–water partition coefficient (Wildman–Crippen LogP) is 2.27. The van der Waals surface area contributed by atoms with Crippen molar-refractivity contribution >= 4 is 5.91 Å². The molecule has 0 aliphatic heterocycles. The summed E-state index contributed by atoms with van der Waals surface area (Å²) < 4.78 is 13.7. The summed E-state index contributed by atoms with van der Waals surface area (Å²) in [6.45, 7) is 8.01. The summed E-state index contributed by atoms with van der Waals surface area (Å²) in [6.07, 6.45) is 0. The van der Waals surface area contributed by atoms with Crippen LogP contribution in [-0.2, 0) is 5.41 Å². The molecule has 0 bridgehead atoms. The summed E-state index contributed by atoms with van der Waals surface area (Å²) in [5, 5.41) is 2.58. The third-order valence-corrected chi connectivity index (χ3v) is 2.23. The first-order valence-corrected chi connectivity index (χ1v) is 5.31. The van der Waals surface area contributed by atoms with Crippen molar-refractivity contribution < 1.29 is 9.18 Å². The van der Waals surface area contributed by atoms with E-state index in [0.717, 1.165) is 0 Å². The van der Waals surface area contributed by atoms with Crippen LogP contribution in [0.5, 0.6) is 0 Å². The first-order chi connectivity index (χ1) is 7.36. The zero-order valence-electron chi connectivity index (χ0n) is 10.1. The lowest BCUT2D eigenvalue weighted by atomic mass is 9.88. The number of hydrogen-bond donors (Lipinski definition) is 1. The molecule has 1 amide bonds. The van der Waals surface area contributed by atoms with Crippen LogP contribution < -0.4 is 5.32 Å². The molecule has 1 heterocycles. The van der Waals surface area contributed by atoms with Crippen molar-refractivity contribution in [2.75, 3.05) is 6.54 Å². The Hall–Kier alpha value is -1.45. The van der Waals surface area contributed by atoms with E-state index in [4.69, 9.17) is 0 Å². The molecule has 0 fully saturated rings. The van der Waals surface area contributed by atoms with E-state index < -0.39 is 5.95 Å². The molecular formula is C12H17FN2O. The molecule has 1 N–H and O–H groups in total. The van der Waals surface area contributed by atoms with E-state index in [-0.39, 0.29) is 17.0 Å². The molecule has 0 saturated heterocycles. The van der Waals surface area contributed by atoms with E-state index >= 15 is 0 Å². The molecule has 1 aromatic heterocycles. The van der Waals surface area contributed by atoms with E-state index in [0.29, 0.717) is 12.1 Å². The van der Waals surface area contributed by atoms with Crippen molar-refractivity contribution in [1.82, 2.24) is 10.3 Å². The lowest BCUT2D eigenvalue weighted by Gasteiger charge is -2.19. The Balaban J connectivity index is 3.05. The van der Waals surface area contributed by atoms with Crippen LogP contribution in [-0.4, -0.2) is 17.4 Å². The second-order valence-electron chi connectivity index (χ2n) is 4.64. The molecule has 0 saturated carbocycles. The van der Waals surface area contributed by atoms with Gasteiger partial charge in [-0.15, -0.1) is 0 Å². The first kappa shape index (κ1) is 12.6. The third kappa shape index (κ3) is 2.78. The second kappa shape index (κ2) is 4.60. The number of pyridine rings is 1. The van der Waals surface area contributed by atoms with Gasteiger partial charge in [0, 0.05) is 12.1 Å². The summed E-state index contributed by atoms with van der Waals surface area (Å²) >= 11 is 0. The van der Waals surface area contributed by atoms with E-state index in [1.54, 1.807) is 19.1 Å². The number of aromatic nitrogens is 1. The van der Waals surface area contributed by atoms with Crippen molar-refractivity contribution in [2.45, 2.75) is 33.1 Å². The Labute approximate surface area is 95.1 Å². The SMILES string of the molecule is CCNC(=O)c1ccc(C(C)(C)C)c(F)n1. The van der Waals surface area contributed by atoms with Gasteiger partial charge in [-0.05, 0) is 18.4 Å². The molecule has 0 aliphatic rings. The van der Waals surface area contributed by atoms with E-state index in [2.05, 4.69) is 10.3 Å². The van der Waals surface area contributed by atoms with Crippen LogP contribution in [0.3, 0.4) is 0 Å². The maximum atomic E-state index is 13.7. The van der Waals surface area contributed by atoms with Gasteiger partial charge >= 0.3 is 0 Å². The molecule has 1 rings (SSSR count). The highest BCUT2D eigenvalue weighted by Crippen LogP contribution is 2.23. The van der Waals surface area contributed by atoms with Gasteiger partial charge in [-0.25, -0.2) is 4.98 Å². The normalized spacial score (nSPS) is 11.3. The van der Waals surface area contributed by atoms with E-state index in [1.165, 1.54) is 0 Å². The monoisotopic (exact) mass is 224 g/mol. The van der Waals surface area contributed by atoms with Crippen LogP contribution in [0.2, 0.25) is 0 Å². The summed E-state index contributed by atoms with van der Waals surface area (Å²) in [5.74, 6) is -0.918. The van der Waals surface area contributed by atoms with Crippen molar-refractivity contribution in [3.8, 4) is 0 Å². The van der Waals surface area contributed by atoms with Crippen molar-refractivity contribution in [3.05, 3.63) is 29.3 Å². The molecule has 1 aromatic rings.